The number of ketones is 1. The van der Waals surface area contributed by atoms with Crippen molar-refractivity contribution in [3.8, 4) is 0 Å². The van der Waals surface area contributed by atoms with E-state index in [4.69, 9.17) is 16.3 Å². The predicted octanol–water partition coefficient (Wildman–Crippen LogP) is 4.38. The summed E-state index contributed by atoms with van der Waals surface area (Å²) in [5.41, 5.74) is 2.37. The quantitative estimate of drug-likeness (QED) is 0.413. The zero-order valence-corrected chi connectivity index (χ0v) is 20.3. The molecule has 0 unspecified atom stereocenters. The molecule has 2 aromatic rings. The number of aromatic nitrogens is 1. The monoisotopic (exact) mass is 480 g/mol. The lowest BCUT2D eigenvalue weighted by molar-refractivity contribution is 0.0474. The topological polar surface area (TPSA) is 85.7 Å². The number of hydrogen-bond donors (Lipinski definition) is 0. The molecule has 0 saturated carbocycles. The summed E-state index contributed by atoms with van der Waals surface area (Å²) < 4.78 is 34.6. The summed E-state index contributed by atoms with van der Waals surface area (Å²) in [6, 6.07) is 5.80. The van der Waals surface area contributed by atoms with Gasteiger partial charge >= 0.3 is 5.97 Å². The Labute approximate surface area is 194 Å². The number of rotatable bonds is 8. The van der Waals surface area contributed by atoms with Gasteiger partial charge in [0.25, 0.3) is 0 Å². The Morgan fingerprint density at radius 1 is 1.09 bits per heavy atom. The van der Waals surface area contributed by atoms with Crippen LogP contribution in [0.2, 0.25) is 5.02 Å². The second-order valence-electron chi connectivity index (χ2n) is 8.05. The zero-order chi connectivity index (χ0) is 23.5. The number of hydrogen-bond acceptors (Lipinski definition) is 5. The van der Waals surface area contributed by atoms with Gasteiger partial charge in [-0.15, -0.1) is 0 Å². The van der Waals surface area contributed by atoms with Crippen molar-refractivity contribution in [2.24, 2.45) is 0 Å². The minimum Gasteiger partial charge on any atom is -0.454 e. The van der Waals surface area contributed by atoms with E-state index >= 15 is 0 Å². The molecule has 0 bridgehead atoms. The van der Waals surface area contributed by atoms with Gasteiger partial charge in [-0.2, -0.15) is 4.31 Å². The van der Waals surface area contributed by atoms with Crippen LogP contribution in [0.15, 0.2) is 29.2 Å². The summed E-state index contributed by atoms with van der Waals surface area (Å²) in [6.07, 6.45) is 3.51. The minimum absolute atomic E-state index is 0.0363. The Kier molecular flexibility index (Phi) is 7.79. The summed E-state index contributed by atoms with van der Waals surface area (Å²) in [5.74, 6) is -1.07. The van der Waals surface area contributed by atoms with Gasteiger partial charge in [-0.25, -0.2) is 13.2 Å². The third kappa shape index (κ3) is 5.08. The van der Waals surface area contributed by atoms with E-state index in [1.54, 1.807) is 6.07 Å². The van der Waals surface area contributed by atoms with Crippen LogP contribution in [0.1, 0.15) is 64.7 Å². The van der Waals surface area contributed by atoms with Gasteiger partial charge in [-0.3, -0.25) is 4.79 Å². The van der Waals surface area contributed by atoms with Gasteiger partial charge < -0.3 is 9.30 Å². The SMILES string of the molecule is CCCn1c(C)cc(C(=O)COC(=O)c2ccc(Cl)c(S(=O)(=O)N3CCCCC3)c2)c1C. The molecule has 7 nitrogen and oxygen atoms in total. The average Bonchev–Trinajstić information content (AvgIpc) is 3.06. The summed E-state index contributed by atoms with van der Waals surface area (Å²) >= 11 is 6.16. The van der Waals surface area contributed by atoms with Gasteiger partial charge in [-0.05, 0) is 57.4 Å². The van der Waals surface area contributed by atoms with E-state index in [-0.39, 0.29) is 21.3 Å². The number of piperidine rings is 1. The Hall–Kier alpha value is -2.16. The van der Waals surface area contributed by atoms with Crippen molar-refractivity contribution in [1.82, 2.24) is 8.87 Å². The molecule has 32 heavy (non-hydrogen) atoms. The highest BCUT2D eigenvalue weighted by Gasteiger charge is 2.29. The van der Waals surface area contributed by atoms with Gasteiger partial charge in [-0.1, -0.05) is 24.9 Å². The third-order valence-corrected chi connectivity index (χ3v) is 8.14. The lowest BCUT2D eigenvalue weighted by Gasteiger charge is -2.26. The highest BCUT2D eigenvalue weighted by Crippen LogP contribution is 2.28. The summed E-state index contributed by atoms with van der Waals surface area (Å²) in [4.78, 5) is 25.1. The van der Waals surface area contributed by atoms with Crippen molar-refractivity contribution in [3.63, 3.8) is 0 Å². The molecular weight excluding hydrogens is 452 g/mol. The molecule has 1 aromatic carbocycles. The predicted molar refractivity (Wildman–Crippen MR) is 123 cm³/mol. The van der Waals surface area contributed by atoms with Crippen LogP contribution >= 0.6 is 11.6 Å². The van der Waals surface area contributed by atoms with Crippen molar-refractivity contribution >= 4 is 33.4 Å². The van der Waals surface area contributed by atoms with Crippen LogP contribution in [0.3, 0.4) is 0 Å². The van der Waals surface area contributed by atoms with Crippen molar-refractivity contribution in [2.45, 2.75) is 57.9 Å². The van der Waals surface area contributed by atoms with Gasteiger partial charge in [0.1, 0.15) is 4.90 Å². The lowest BCUT2D eigenvalue weighted by atomic mass is 10.1. The molecule has 1 aliphatic heterocycles. The molecule has 174 valence electrons. The maximum atomic E-state index is 13.0. The number of ether oxygens (including phenoxy) is 1. The molecule has 1 fully saturated rings. The fourth-order valence-corrected chi connectivity index (χ4v) is 6.03. The van der Waals surface area contributed by atoms with Gasteiger partial charge in [0.05, 0.1) is 10.6 Å². The Bertz CT molecular complexity index is 1120. The first-order valence-electron chi connectivity index (χ1n) is 10.8. The molecule has 0 atom stereocenters. The number of sulfonamides is 1. The Morgan fingerprint density at radius 3 is 2.44 bits per heavy atom. The van der Waals surface area contributed by atoms with E-state index in [0.717, 1.165) is 43.6 Å². The van der Waals surface area contributed by atoms with E-state index in [9.17, 15) is 18.0 Å². The third-order valence-electron chi connectivity index (χ3n) is 5.76. The fraction of sp³-hybridized carbons (Fsp3) is 0.478. The summed E-state index contributed by atoms with van der Waals surface area (Å²) in [6.45, 7) is 7.11. The van der Waals surface area contributed by atoms with Crippen LogP contribution in [0.4, 0.5) is 0 Å². The van der Waals surface area contributed by atoms with Crippen LogP contribution in [0.5, 0.6) is 0 Å². The molecule has 9 heteroatoms. The van der Waals surface area contributed by atoms with Crippen LogP contribution in [0.25, 0.3) is 0 Å². The second kappa shape index (κ2) is 10.2. The molecule has 1 aliphatic rings. The Morgan fingerprint density at radius 2 is 1.78 bits per heavy atom. The average molecular weight is 481 g/mol. The van der Waals surface area contributed by atoms with Crippen molar-refractivity contribution in [3.05, 3.63) is 51.8 Å². The van der Waals surface area contributed by atoms with Crippen LogP contribution in [-0.4, -0.2) is 48.7 Å². The molecular formula is C23H29ClN2O5S. The van der Waals surface area contributed by atoms with Crippen molar-refractivity contribution in [2.75, 3.05) is 19.7 Å². The molecule has 0 aliphatic carbocycles. The highest BCUT2D eigenvalue weighted by molar-refractivity contribution is 7.89. The minimum atomic E-state index is -3.81. The number of esters is 1. The van der Waals surface area contributed by atoms with Crippen LogP contribution in [-0.2, 0) is 21.3 Å². The summed E-state index contributed by atoms with van der Waals surface area (Å²) in [5, 5.41) is 0.0477. The maximum absolute atomic E-state index is 13.0. The summed E-state index contributed by atoms with van der Waals surface area (Å²) in [7, 11) is -3.81. The first-order chi connectivity index (χ1) is 15.2. The molecule has 0 radical (unpaired) electrons. The number of aryl methyl sites for hydroxylation is 1. The second-order valence-corrected chi connectivity index (χ2v) is 10.4. The van der Waals surface area contributed by atoms with Crippen molar-refractivity contribution < 1.29 is 22.7 Å². The van der Waals surface area contributed by atoms with Crippen LogP contribution in [0, 0.1) is 13.8 Å². The number of Topliss-reactive ketones (excluding diaryl/α,β-unsaturated/α-hetero) is 1. The van der Waals surface area contributed by atoms with Gasteiger partial charge in [0.2, 0.25) is 15.8 Å². The zero-order valence-electron chi connectivity index (χ0n) is 18.7. The van der Waals surface area contributed by atoms with E-state index in [1.807, 2.05) is 13.8 Å². The molecule has 1 aromatic heterocycles. The van der Waals surface area contributed by atoms with Crippen LogP contribution < -0.4 is 0 Å². The van der Waals surface area contributed by atoms with E-state index in [2.05, 4.69) is 11.5 Å². The molecule has 3 rings (SSSR count). The lowest BCUT2D eigenvalue weighted by Crippen LogP contribution is -2.35. The van der Waals surface area contributed by atoms with E-state index in [0.29, 0.717) is 18.7 Å². The number of carbonyl (C=O) groups is 2. The molecule has 0 amide bonds. The standard InChI is InChI=1S/C23H29ClN2O5S/c1-4-10-26-16(2)13-19(17(26)3)21(27)15-31-23(28)18-8-9-20(24)22(14-18)32(29,30)25-11-6-5-7-12-25/h8-9,13-14H,4-7,10-12,15H2,1-3H3. The molecule has 2 heterocycles. The van der Waals surface area contributed by atoms with Gasteiger partial charge in [0, 0.05) is 36.6 Å². The molecule has 1 saturated heterocycles. The molecule has 0 N–H and O–H groups in total. The Balaban J connectivity index is 1.74. The first kappa shape index (κ1) is 24.5. The first-order valence-corrected chi connectivity index (χ1v) is 12.7. The van der Waals surface area contributed by atoms with E-state index < -0.39 is 22.6 Å². The normalized spacial score (nSPS) is 15.0. The smallest absolute Gasteiger partial charge is 0.338 e. The maximum Gasteiger partial charge on any atom is 0.338 e. The number of benzene rings is 1. The highest BCUT2D eigenvalue weighted by atomic mass is 35.5. The van der Waals surface area contributed by atoms with Crippen molar-refractivity contribution in [1.29, 1.82) is 0 Å². The molecule has 0 spiro atoms. The number of halogens is 1. The fourth-order valence-electron chi connectivity index (χ4n) is 4.02. The van der Waals surface area contributed by atoms with E-state index in [1.165, 1.54) is 22.5 Å². The van der Waals surface area contributed by atoms with Gasteiger partial charge in [0.15, 0.2) is 6.61 Å². The number of nitrogens with zero attached hydrogens (tertiary/aromatic N) is 2. The number of carbonyl (C=O) groups excluding carboxylic acids is 2. The largest absolute Gasteiger partial charge is 0.454 e.